The van der Waals surface area contributed by atoms with Gasteiger partial charge in [-0.25, -0.2) is 0 Å². The van der Waals surface area contributed by atoms with E-state index in [0.717, 1.165) is 5.56 Å². The Kier molecular flexibility index (Phi) is 4.37. The molecule has 1 rings (SSSR count). The lowest BCUT2D eigenvalue weighted by Crippen LogP contribution is -2.02. The van der Waals surface area contributed by atoms with Crippen molar-refractivity contribution in [2.45, 2.75) is 6.92 Å². The Morgan fingerprint density at radius 3 is 2.67 bits per heavy atom. The molecule has 0 saturated carbocycles. The lowest BCUT2D eigenvalue weighted by Gasteiger charge is -2.08. The molecular formula is C11H11BrO3. The van der Waals surface area contributed by atoms with Crippen molar-refractivity contribution in [1.29, 1.82) is 0 Å². The molecule has 0 bridgehead atoms. The minimum Gasteiger partial charge on any atom is -0.493 e. The monoisotopic (exact) mass is 270 g/mol. The fourth-order valence-electron chi connectivity index (χ4n) is 1.10. The van der Waals surface area contributed by atoms with E-state index in [1.54, 1.807) is 17.1 Å². The van der Waals surface area contributed by atoms with Crippen molar-refractivity contribution in [3.8, 4) is 11.5 Å². The predicted octanol–water partition coefficient (Wildman–Crippen LogP) is 2.99. The Morgan fingerprint density at radius 2 is 2.13 bits per heavy atom. The molecule has 1 aromatic rings. The number of halogens is 1. The highest BCUT2D eigenvalue weighted by atomic mass is 79.9. The highest BCUT2D eigenvalue weighted by Crippen LogP contribution is 2.28. The molecule has 0 aliphatic heterocycles. The second-order valence-corrected chi connectivity index (χ2v) is 3.33. The molecule has 1 aromatic carbocycles. The number of carbonyl (C=O) groups is 1. The van der Waals surface area contributed by atoms with E-state index in [1.165, 1.54) is 14.0 Å². The van der Waals surface area contributed by atoms with Gasteiger partial charge in [-0.2, -0.15) is 0 Å². The van der Waals surface area contributed by atoms with Crippen LogP contribution in [0.4, 0.5) is 0 Å². The van der Waals surface area contributed by atoms with Gasteiger partial charge < -0.3 is 9.47 Å². The molecule has 3 nitrogen and oxygen atoms in total. The van der Waals surface area contributed by atoms with E-state index in [0.29, 0.717) is 11.5 Å². The summed E-state index contributed by atoms with van der Waals surface area (Å²) in [5, 5.41) is 0. The fourth-order valence-corrected chi connectivity index (χ4v) is 1.40. The van der Waals surface area contributed by atoms with Gasteiger partial charge in [-0.15, -0.1) is 0 Å². The van der Waals surface area contributed by atoms with E-state index < -0.39 is 0 Å². The molecule has 0 saturated heterocycles. The first-order valence-electron chi connectivity index (χ1n) is 4.30. The van der Waals surface area contributed by atoms with Crippen molar-refractivity contribution in [3.05, 3.63) is 28.7 Å². The third-order valence-corrected chi connectivity index (χ3v) is 1.96. The first-order chi connectivity index (χ1) is 7.17. The summed E-state index contributed by atoms with van der Waals surface area (Å²) in [6.07, 6.45) is 1.86. The van der Waals surface area contributed by atoms with Crippen LogP contribution in [0.15, 0.2) is 23.2 Å². The van der Waals surface area contributed by atoms with Crippen molar-refractivity contribution in [1.82, 2.24) is 0 Å². The van der Waals surface area contributed by atoms with Crippen LogP contribution in [0.25, 0.3) is 6.08 Å². The van der Waals surface area contributed by atoms with Gasteiger partial charge in [0, 0.05) is 6.92 Å². The van der Waals surface area contributed by atoms with Gasteiger partial charge in [0.1, 0.15) is 0 Å². The fraction of sp³-hybridized carbons (Fsp3) is 0.182. The van der Waals surface area contributed by atoms with E-state index in [1.807, 2.05) is 12.1 Å². The maximum Gasteiger partial charge on any atom is 0.308 e. The van der Waals surface area contributed by atoms with E-state index in [2.05, 4.69) is 15.9 Å². The first-order valence-corrected chi connectivity index (χ1v) is 5.22. The normalized spacial score (nSPS) is 10.3. The molecule has 0 atom stereocenters. The van der Waals surface area contributed by atoms with Crippen molar-refractivity contribution >= 4 is 28.0 Å². The molecule has 4 heteroatoms. The van der Waals surface area contributed by atoms with Crippen LogP contribution in [0.2, 0.25) is 0 Å². The van der Waals surface area contributed by atoms with Gasteiger partial charge in [0.25, 0.3) is 0 Å². The molecule has 15 heavy (non-hydrogen) atoms. The molecular weight excluding hydrogens is 260 g/mol. The summed E-state index contributed by atoms with van der Waals surface area (Å²) < 4.78 is 10.1. The van der Waals surface area contributed by atoms with Crippen LogP contribution in [0.5, 0.6) is 11.5 Å². The van der Waals surface area contributed by atoms with Gasteiger partial charge in [-0.1, -0.05) is 22.0 Å². The van der Waals surface area contributed by atoms with Crippen LogP contribution < -0.4 is 9.47 Å². The lowest BCUT2D eigenvalue weighted by molar-refractivity contribution is -0.132. The second kappa shape index (κ2) is 5.56. The quantitative estimate of drug-likeness (QED) is 0.626. The Hall–Kier alpha value is -1.29. The Labute approximate surface area is 96.8 Å². The van der Waals surface area contributed by atoms with Gasteiger partial charge in [0.15, 0.2) is 11.5 Å². The molecule has 0 N–H and O–H groups in total. The summed E-state index contributed by atoms with van der Waals surface area (Å²) in [4.78, 5) is 12.5. The molecule has 0 aliphatic rings. The molecule has 0 amide bonds. The minimum atomic E-state index is -0.364. The smallest absolute Gasteiger partial charge is 0.308 e. The molecule has 0 unspecified atom stereocenters. The van der Waals surface area contributed by atoms with Crippen LogP contribution in [-0.2, 0) is 4.79 Å². The Bertz CT molecular complexity index is 385. The van der Waals surface area contributed by atoms with Gasteiger partial charge in [0.2, 0.25) is 0 Å². The van der Waals surface area contributed by atoms with Crippen LogP contribution in [0, 0.1) is 0 Å². The zero-order valence-electron chi connectivity index (χ0n) is 8.49. The van der Waals surface area contributed by atoms with Gasteiger partial charge in [0.05, 0.1) is 7.11 Å². The molecule has 0 heterocycles. The number of methoxy groups -OCH3 is 1. The maximum atomic E-state index is 10.8. The average Bonchev–Trinajstić information content (AvgIpc) is 2.20. The maximum absolute atomic E-state index is 10.8. The summed E-state index contributed by atoms with van der Waals surface area (Å²) in [5.41, 5.74) is 0.958. The largest absolute Gasteiger partial charge is 0.493 e. The average molecular weight is 271 g/mol. The van der Waals surface area contributed by atoms with Crippen molar-refractivity contribution in [3.63, 3.8) is 0 Å². The third kappa shape index (κ3) is 3.40. The third-order valence-electron chi connectivity index (χ3n) is 1.70. The highest BCUT2D eigenvalue weighted by Gasteiger charge is 2.06. The number of esters is 1. The number of benzene rings is 1. The van der Waals surface area contributed by atoms with Crippen LogP contribution >= 0.6 is 15.9 Å². The van der Waals surface area contributed by atoms with E-state index in [9.17, 15) is 4.79 Å². The molecule has 0 spiro atoms. The number of carbonyl (C=O) groups excluding carboxylic acids is 1. The molecule has 0 aliphatic carbocycles. The van der Waals surface area contributed by atoms with Crippen molar-refractivity contribution < 1.29 is 14.3 Å². The summed E-state index contributed by atoms with van der Waals surface area (Å²) in [5.74, 6) is 0.599. The molecule has 0 aromatic heterocycles. The molecule has 0 fully saturated rings. The second-order valence-electron chi connectivity index (χ2n) is 2.80. The van der Waals surface area contributed by atoms with Crippen LogP contribution in [0.3, 0.4) is 0 Å². The summed E-state index contributed by atoms with van der Waals surface area (Å²) in [6.45, 7) is 1.35. The Morgan fingerprint density at radius 1 is 1.40 bits per heavy atom. The zero-order chi connectivity index (χ0) is 11.3. The van der Waals surface area contributed by atoms with Gasteiger partial charge >= 0.3 is 5.97 Å². The number of hydrogen-bond donors (Lipinski definition) is 0. The lowest BCUT2D eigenvalue weighted by atomic mass is 10.2. The standard InChI is InChI=1S/C11H11BrO3/c1-8(13)15-10-4-3-9(5-6-12)7-11(10)14-2/h3-7H,1-2H3/b6-5+. The van der Waals surface area contributed by atoms with Crippen LogP contribution in [-0.4, -0.2) is 13.1 Å². The van der Waals surface area contributed by atoms with E-state index >= 15 is 0 Å². The summed E-state index contributed by atoms with van der Waals surface area (Å²) in [7, 11) is 1.53. The number of rotatable bonds is 3. The topological polar surface area (TPSA) is 35.5 Å². The predicted molar refractivity (Wildman–Crippen MR) is 62.3 cm³/mol. The minimum absolute atomic E-state index is 0.364. The van der Waals surface area contributed by atoms with E-state index in [-0.39, 0.29) is 5.97 Å². The Balaban J connectivity index is 3.03. The van der Waals surface area contributed by atoms with Crippen LogP contribution in [0.1, 0.15) is 12.5 Å². The van der Waals surface area contributed by atoms with Crippen molar-refractivity contribution in [2.24, 2.45) is 0 Å². The summed E-state index contributed by atoms with van der Waals surface area (Å²) in [6, 6.07) is 5.32. The zero-order valence-corrected chi connectivity index (χ0v) is 10.1. The van der Waals surface area contributed by atoms with Gasteiger partial charge in [-0.3, -0.25) is 4.79 Å². The number of ether oxygens (including phenoxy) is 2. The number of hydrogen-bond acceptors (Lipinski definition) is 3. The molecule has 0 radical (unpaired) electrons. The van der Waals surface area contributed by atoms with Gasteiger partial charge in [-0.05, 0) is 28.8 Å². The SMILES string of the molecule is COc1cc(/C=C/Br)ccc1OC(C)=O. The molecule has 80 valence electrons. The first kappa shape index (κ1) is 11.8. The van der Waals surface area contributed by atoms with E-state index in [4.69, 9.17) is 9.47 Å². The van der Waals surface area contributed by atoms with Crippen molar-refractivity contribution in [2.75, 3.05) is 7.11 Å². The summed E-state index contributed by atoms with van der Waals surface area (Å²) >= 11 is 3.18. The highest BCUT2D eigenvalue weighted by molar-refractivity contribution is 9.11.